The molecular formula is C40H39N3O2. The Morgan fingerprint density at radius 3 is 1.87 bits per heavy atom. The number of nitrogens with zero attached hydrogens (tertiary/aromatic N) is 3. The molecule has 0 aliphatic heterocycles. The van der Waals surface area contributed by atoms with Gasteiger partial charge in [-0.1, -0.05) is 91.0 Å². The Hall–Kier alpha value is -4.74. The maximum absolute atomic E-state index is 10.1. The molecule has 5 heteroatoms. The van der Waals surface area contributed by atoms with Gasteiger partial charge in [-0.15, -0.1) is 0 Å². The minimum absolute atomic E-state index is 0.0483. The molecule has 0 atom stereocenters. The van der Waals surface area contributed by atoms with E-state index in [-0.39, 0.29) is 12.2 Å². The fourth-order valence-corrected chi connectivity index (χ4v) is 7.01. The standard InChI is InChI=1S/C40H39N3O2/c1-28(2)45-35-22-23-38-36(27-35)39(30-24-25-41-37(26-30)29-18-20-34(44)21-19-29)42-43(38)40(31-12-6-3-7-13-31,32-14-8-4-9-15-32)33-16-10-5-11-17-33/h3-17,22-29,34,44H,18-21H2,1-2H3. The molecule has 1 fully saturated rings. The zero-order chi connectivity index (χ0) is 30.8. The number of aromatic nitrogens is 3. The number of fused-ring (bicyclic) bond motifs is 1. The average Bonchev–Trinajstić information content (AvgIpc) is 3.46. The maximum Gasteiger partial charge on any atom is 0.138 e. The lowest BCUT2D eigenvalue weighted by atomic mass is 9.77. The molecule has 5 nitrogen and oxygen atoms in total. The Morgan fingerprint density at radius 2 is 1.31 bits per heavy atom. The summed E-state index contributed by atoms with van der Waals surface area (Å²) >= 11 is 0. The number of hydrogen-bond acceptors (Lipinski definition) is 4. The Kier molecular flexibility index (Phi) is 7.95. The summed E-state index contributed by atoms with van der Waals surface area (Å²) in [6, 6.07) is 42.6. The molecule has 2 aromatic heterocycles. The monoisotopic (exact) mass is 593 g/mol. The van der Waals surface area contributed by atoms with Crippen LogP contribution in [-0.2, 0) is 5.54 Å². The quantitative estimate of drug-likeness (QED) is 0.179. The highest BCUT2D eigenvalue weighted by atomic mass is 16.5. The van der Waals surface area contributed by atoms with Crippen LogP contribution in [-0.4, -0.2) is 32.1 Å². The van der Waals surface area contributed by atoms with E-state index < -0.39 is 5.54 Å². The normalized spacial score (nSPS) is 17.1. The van der Waals surface area contributed by atoms with Crippen molar-refractivity contribution in [2.75, 3.05) is 0 Å². The van der Waals surface area contributed by atoms with Crippen molar-refractivity contribution in [2.45, 2.75) is 63.2 Å². The van der Waals surface area contributed by atoms with Crippen LogP contribution in [0, 0.1) is 0 Å². The van der Waals surface area contributed by atoms with Gasteiger partial charge in [0.05, 0.1) is 17.7 Å². The summed E-state index contributed by atoms with van der Waals surface area (Å²) in [5.41, 5.74) is 6.61. The summed E-state index contributed by atoms with van der Waals surface area (Å²) < 4.78 is 8.43. The molecule has 0 radical (unpaired) electrons. The molecule has 4 aromatic carbocycles. The molecule has 1 N–H and O–H groups in total. The predicted octanol–water partition coefficient (Wildman–Crippen LogP) is 8.74. The fraction of sp³-hybridized carbons (Fsp3) is 0.250. The number of hydrogen-bond donors (Lipinski definition) is 1. The van der Waals surface area contributed by atoms with E-state index in [1.54, 1.807) is 0 Å². The Bertz CT molecular complexity index is 1780. The first-order valence-corrected chi connectivity index (χ1v) is 16.0. The van der Waals surface area contributed by atoms with Gasteiger partial charge in [-0.2, -0.15) is 5.10 Å². The van der Waals surface area contributed by atoms with Gasteiger partial charge in [0.2, 0.25) is 0 Å². The largest absolute Gasteiger partial charge is 0.491 e. The van der Waals surface area contributed by atoms with Crippen molar-refractivity contribution in [1.29, 1.82) is 0 Å². The molecule has 45 heavy (non-hydrogen) atoms. The van der Waals surface area contributed by atoms with Gasteiger partial charge in [-0.3, -0.25) is 4.98 Å². The summed E-state index contributed by atoms with van der Waals surface area (Å²) in [4.78, 5) is 4.81. The van der Waals surface area contributed by atoms with Gasteiger partial charge in [-0.05, 0) is 86.6 Å². The highest BCUT2D eigenvalue weighted by Crippen LogP contribution is 2.45. The van der Waals surface area contributed by atoms with E-state index in [0.717, 1.165) is 76.0 Å². The van der Waals surface area contributed by atoms with Crippen molar-refractivity contribution in [1.82, 2.24) is 14.8 Å². The van der Waals surface area contributed by atoms with Gasteiger partial charge in [0, 0.05) is 28.8 Å². The van der Waals surface area contributed by atoms with Crippen LogP contribution in [0.4, 0.5) is 0 Å². The van der Waals surface area contributed by atoms with E-state index in [0.29, 0.717) is 5.92 Å². The molecule has 1 aliphatic carbocycles. The minimum Gasteiger partial charge on any atom is -0.491 e. The van der Waals surface area contributed by atoms with E-state index in [1.807, 2.05) is 6.20 Å². The summed E-state index contributed by atoms with van der Waals surface area (Å²) in [5, 5.41) is 16.7. The van der Waals surface area contributed by atoms with Gasteiger partial charge in [-0.25, -0.2) is 4.68 Å². The van der Waals surface area contributed by atoms with Gasteiger partial charge < -0.3 is 9.84 Å². The molecule has 1 saturated carbocycles. The van der Waals surface area contributed by atoms with Crippen LogP contribution < -0.4 is 4.74 Å². The second-order valence-electron chi connectivity index (χ2n) is 12.4. The van der Waals surface area contributed by atoms with Gasteiger partial charge in [0.1, 0.15) is 17.0 Å². The van der Waals surface area contributed by atoms with Crippen molar-refractivity contribution in [3.8, 4) is 17.0 Å². The zero-order valence-electron chi connectivity index (χ0n) is 25.9. The van der Waals surface area contributed by atoms with Crippen molar-refractivity contribution in [3.63, 3.8) is 0 Å². The number of aliphatic hydroxyl groups excluding tert-OH is 1. The SMILES string of the molecule is CC(C)Oc1ccc2c(c1)c(-c1ccnc(C3CCC(O)CC3)c1)nn2C(c1ccccc1)(c1ccccc1)c1ccccc1. The number of rotatable bonds is 8. The molecule has 1 aliphatic rings. The van der Waals surface area contributed by atoms with E-state index in [2.05, 4.69) is 140 Å². The van der Waals surface area contributed by atoms with Gasteiger partial charge in [0.25, 0.3) is 0 Å². The van der Waals surface area contributed by atoms with Crippen LogP contribution in [0.1, 0.15) is 67.8 Å². The van der Waals surface area contributed by atoms with Crippen molar-refractivity contribution < 1.29 is 9.84 Å². The van der Waals surface area contributed by atoms with Gasteiger partial charge >= 0.3 is 0 Å². The van der Waals surface area contributed by atoms with Crippen LogP contribution in [0.2, 0.25) is 0 Å². The number of pyridine rings is 1. The summed E-state index contributed by atoms with van der Waals surface area (Å²) in [5.74, 6) is 1.15. The first-order valence-electron chi connectivity index (χ1n) is 16.0. The first-order chi connectivity index (χ1) is 22.0. The van der Waals surface area contributed by atoms with E-state index >= 15 is 0 Å². The van der Waals surface area contributed by atoms with Crippen LogP contribution in [0.3, 0.4) is 0 Å². The smallest absolute Gasteiger partial charge is 0.138 e. The molecule has 0 saturated heterocycles. The third kappa shape index (κ3) is 5.42. The number of ether oxygens (including phenoxy) is 1. The molecule has 0 amide bonds. The molecule has 6 aromatic rings. The summed E-state index contributed by atoms with van der Waals surface area (Å²) in [6.45, 7) is 4.10. The molecular weight excluding hydrogens is 554 g/mol. The minimum atomic E-state index is -0.754. The maximum atomic E-state index is 10.1. The van der Waals surface area contributed by atoms with E-state index in [4.69, 9.17) is 14.8 Å². The second-order valence-corrected chi connectivity index (χ2v) is 12.4. The Labute approximate surface area is 265 Å². The zero-order valence-corrected chi connectivity index (χ0v) is 25.9. The molecule has 7 rings (SSSR count). The lowest BCUT2D eigenvalue weighted by Crippen LogP contribution is -2.38. The lowest BCUT2D eigenvalue weighted by Gasteiger charge is -2.37. The van der Waals surface area contributed by atoms with Crippen LogP contribution in [0.25, 0.3) is 22.2 Å². The van der Waals surface area contributed by atoms with Crippen LogP contribution in [0.5, 0.6) is 5.75 Å². The highest BCUT2D eigenvalue weighted by molar-refractivity contribution is 5.95. The van der Waals surface area contributed by atoms with Crippen molar-refractivity contribution >= 4 is 10.9 Å². The van der Waals surface area contributed by atoms with Crippen LogP contribution in [0.15, 0.2) is 128 Å². The lowest BCUT2D eigenvalue weighted by molar-refractivity contribution is 0.122. The molecule has 0 unspecified atom stereocenters. The van der Waals surface area contributed by atoms with E-state index in [9.17, 15) is 5.11 Å². The third-order valence-electron chi connectivity index (χ3n) is 9.09. The predicted molar refractivity (Wildman–Crippen MR) is 181 cm³/mol. The van der Waals surface area contributed by atoms with Crippen LogP contribution >= 0.6 is 0 Å². The molecule has 2 heterocycles. The summed E-state index contributed by atoms with van der Waals surface area (Å²) in [7, 11) is 0. The Morgan fingerprint density at radius 1 is 0.733 bits per heavy atom. The first kappa shape index (κ1) is 29.0. The molecule has 0 bridgehead atoms. The number of aliphatic hydroxyl groups is 1. The second kappa shape index (κ2) is 12.3. The van der Waals surface area contributed by atoms with E-state index in [1.165, 1.54) is 0 Å². The molecule has 0 spiro atoms. The number of benzene rings is 4. The summed E-state index contributed by atoms with van der Waals surface area (Å²) in [6.07, 6.45) is 5.28. The van der Waals surface area contributed by atoms with Gasteiger partial charge in [0.15, 0.2) is 0 Å². The Balaban J connectivity index is 1.52. The molecule has 226 valence electrons. The van der Waals surface area contributed by atoms with Crippen molar-refractivity contribution in [3.05, 3.63) is 150 Å². The topological polar surface area (TPSA) is 60.2 Å². The van der Waals surface area contributed by atoms with Crippen molar-refractivity contribution in [2.24, 2.45) is 0 Å². The third-order valence-corrected chi connectivity index (χ3v) is 9.09. The highest BCUT2D eigenvalue weighted by Gasteiger charge is 2.41. The average molecular weight is 594 g/mol. The fourth-order valence-electron chi connectivity index (χ4n) is 7.01.